The van der Waals surface area contributed by atoms with Crippen LogP contribution in [0.25, 0.3) is 0 Å². The number of non-ortho nitro benzene ring substituents is 1. The Morgan fingerprint density at radius 3 is 2.80 bits per heavy atom. The predicted molar refractivity (Wildman–Crippen MR) is 82.7 cm³/mol. The molecule has 0 radical (unpaired) electrons. The van der Waals surface area contributed by atoms with Gasteiger partial charge in [-0.05, 0) is 47.7 Å². The molecule has 2 aromatic rings. The van der Waals surface area contributed by atoms with Gasteiger partial charge in [0, 0.05) is 21.9 Å². The second kappa shape index (κ2) is 5.95. The minimum atomic E-state index is -0.526. The number of hydrogen-bond acceptors (Lipinski definition) is 4. The molecule has 0 spiro atoms. The molecule has 0 fully saturated rings. The predicted octanol–water partition coefficient (Wildman–Crippen LogP) is 3.16. The molecule has 0 aliphatic heterocycles. The zero-order chi connectivity index (χ0) is 14.7. The van der Waals surface area contributed by atoms with E-state index in [1.54, 1.807) is 31.3 Å². The fraction of sp³-hybridized carbons (Fsp3) is 0.0769. The fourth-order valence-corrected chi connectivity index (χ4v) is 2.19. The SMILES string of the molecule is Cc1ncccc1NC(=O)c1cc([N+](=O)[O-])ccc1I. The highest BCUT2D eigenvalue weighted by Crippen LogP contribution is 2.21. The molecule has 1 amide bonds. The van der Waals surface area contributed by atoms with Crippen molar-refractivity contribution in [3.8, 4) is 0 Å². The molecule has 1 aromatic heterocycles. The van der Waals surface area contributed by atoms with E-state index in [1.165, 1.54) is 12.1 Å². The number of nitrogens with one attached hydrogen (secondary N) is 1. The van der Waals surface area contributed by atoms with Gasteiger partial charge in [-0.25, -0.2) is 0 Å². The minimum Gasteiger partial charge on any atom is -0.320 e. The van der Waals surface area contributed by atoms with Gasteiger partial charge in [0.25, 0.3) is 11.6 Å². The Hall–Kier alpha value is -2.03. The fourth-order valence-electron chi connectivity index (χ4n) is 1.61. The number of carbonyl (C=O) groups excluding carboxylic acids is 1. The number of nitro benzene ring substituents is 1. The first-order valence-electron chi connectivity index (χ1n) is 5.66. The summed E-state index contributed by atoms with van der Waals surface area (Å²) in [5.41, 5.74) is 1.42. The Bertz CT molecular complexity index is 688. The zero-order valence-corrected chi connectivity index (χ0v) is 12.6. The van der Waals surface area contributed by atoms with Crippen LogP contribution >= 0.6 is 22.6 Å². The number of carbonyl (C=O) groups is 1. The lowest BCUT2D eigenvalue weighted by molar-refractivity contribution is -0.384. The Morgan fingerprint density at radius 1 is 1.40 bits per heavy atom. The van der Waals surface area contributed by atoms with Gasteiger partial charge in [0.05, 0.1) is 21.9 Å². The topological polar surface area (TPSA) is 85.1 Å². The van der Waals surface area contributed by atoms with Crippen molar-refractivity contribution in [1.82, 2.24) is 4.98 Å². The molecule has 6 nitrogen and oxygen atoms in total. The normalized spacial score (nSPS) is 10.1. The Kier molecular flexibility index (Phi) is 4.28. The Labute approximate surface area is 128 Å². The summed E-state index contributed by atoms with van der Waals surface area (Å²) >= 11 is 1.97. The van der Waals surface area contributed by atoms with Crippen molar-refractivity contribution >= 4 is 39.9 Å². The number of amides is 1. The number of anilines is 1. The molecule has 0 aliphatic carbocycles. The first-order chi connectivity index (χ1) is 9.49. The summed E-state index contributed by atoms with van der Waals surface area (Å²) in [6.45, 7) is 1.77. The summed E-state index contributed by atoms with van der Waals surface area (Å²) in [6.07, 6.45) is 1.63. The van der Waals surface area contributed by atoms with Crippen LogP contribution in [0.3, 0.4) is 0 Å². The largest absolute Gasteiger partial charge is 0.320 e. The third-order valence-electron chi connectivity index (χ3n) is 2.66. The van der Waals surface area contributed by atoms with E-state index in [9.17, 15) is 14.9 Å². The smallest absolute Gasteiger partial charge is 0.270 e. The molecular formula is C13H10IN3O3. The second-order valence-corrected chi connectivity index (χ2v) is 5.17. The van der Waals surface area contributed by atoms with E-state index >= 15 is 0 Å². The first kappa shape index (κ1) is 14.4. The van der Waals surface area contributed by atoms with Gasteiger partial charge in [0.1, 0.15) is 0 Å². The maximum absolute atomic E-state index is 12.2. The highest BCUT2D eigenvalue weighted by Gasteiger charge is 2.16. The number of pyridine rings is 1. The molecule has 0 saturated carbocycles. The van der Waals surface area contributed by atoms with Gasteiger partial charge in [-0.3, -0.25) is 19.9 Å². The number of halogens is 1. The van der Waals surface area contributed by atoms with Crippen LogP contribution < -0.4 is 5.32 Å². The highest BCUT2D eigenvalue weighted by atomic mass is 127. The third kappa shape index (κ3) is 3.10. The lowest BCUT2D eigenvalue weighted by Gasteiger charge is -2.08. The number of nitrogens with zero attached hydrogens (tertiary/aromatic N) is 2. The average Bonchev–Trinajstić information content (AvgIpc) is 2.41. The maximum Gasteiger partial charge on any atom is 0.270 e. The zero-order valence-electron chi connectivity index (χ0n) is 10.5. The molecule has 7 heteroatoms. The van der Waals surface area contributed by atoms with Gasteiger partial charge in [-0.1, -0.05) is 0 Å². The summed E-state index contributed by atoms with van der Waals surface area (Å²) in [5.74, 6) is -0.394. The number of benzene rings is 1. The van der Waals surface area contributed by atoms with E-state index < -0.39 is 10.8 Å². The van der Waals surface area contributed by atoms with Crippen LogP contribution in [0.5, 0.6) is 0 Å². The van der Waals surface area contributed by atoms with Crippen molar-refractivity contribution in [2.45, 2.75) is 6.92 Å². The van der Waals surface area contributed by atoms with Gasteiger partial charge in [0.2, 0.25) is 0 Å². The molecular weight excluding hydrogens is 373 g/mol. The molecule has 0 bridgehead atoms. The van der Waals surface area contributed by atoms with Gasteiger partial charge < -0.3 is 5.32 Å². The molecule has 102 valence electrons. The van der Waals surface area contributed by atoms with Crippen molar-refractivity contribution in [2.24, 2.45) is 0 Å². The number of nitro groups is 1. The van der Waals surface area contributed by atoms with E-state index in [0.717, 1.165) is 0 Å². The summed E-state index contributed by atoms with van der Waals surface area (Å²) in [7, 11) is 0. The second-order valence-electron chi connectivity index (χ2n) is 4.01. The van der Waals surface area contributed by atoms with Crippen LogP contribution in [0.2, 0.25) is 0 Å². The van der Waals surface area contributed by atoms with Crippen LogP contribution in [-0.2, 0) is 0 Å². The number of rotatable bonds is 3. The van der Waals surface area contributed by atoms with Crippen LogP contribution in [0, 0.1) is 20.6 Å². The van der Waals surface area contributed by atoms with Crippen LogP contribution in [0.4, 0.5) is 11.4 Å². The molecule has 0 unspecified atom stereocenters. The molecule has 1 N–H and O–H groups in total. The molecule has 20 heavy (non-hydrogen) atoms. The van der Waals surface area contributed by atoms with Crippen molar-refractivity contribution in [3.63, 3.8) is 0 Å². The first-order valence-corrected chi connectivity index (χ1v) is 6.74. The van der Waals surface area contributed by atoms with Crippen LogP contribution in [0.15, 0.2) is 36.5 Å². The van der Waals surface area contributed by atoms with E-state index in [2.05, 4.69) is 10.3 Å². The third-order valence-corrected chi connectivity index (χ3v) is 3.60. The van der Waals surface area contributed by atoms with Gasteiger partial charge in [-0.15, -0.1) is 0 Å². The van der Waals surface area contributed by atoms with Crippen molar-refractivity contribution in [3.05, 3.63) is 61.5 Å². The molecule has 1 aromatic carbocycles. The standard InChI is InChI=1S/C13H10IN3O3/c1-8-12(3-2-6-15-8)16-13(18)10-7-9(17(19)20)4-5-11(10)14/h2-7H,1H3,(H,16,18). The summed E-state index contributed by atoms with van der Waals surface area (Å²) in [4.78, 5) is 26.5. The summed E-state index contributed by atoms with van der Waals surface area (Å²) in [5, 5.41) is 13.5. The lowest BCUT2D eigenvalue weighted by Crippen LogP contribution is -2.14. The van der Waals surface area contributed by atoms with E-state index in [1.807, 2.05) is 22.6 Å². The van der Waals surface area contributed by atoms with E-state index in [-0.39, 0.29) is 11.3 Å². The van der Waals surface area contributed by atoms with Crippen LogP contribution in [-0.4, -0.2) is 15.8 Å². The monoisotopic (exact) mass is 383 g/mol. The number of hydrogen-bond donors (Lipinski definition) is 1. The molecule has 1 heterocycles. The van der Waals surface area contributed by atoms with Gasteiger partial charge in [-0.2, -0.15) is 0 Å². The lowest BCUT2D eigenvalue weighted by atomic mass is 10.2. The quantitative estimate of drug-likeness (QED) is 0.501. The van der Waals surface area contributed by atoms with Gasteiger partial charge in [0.15, 0.2) is 0 Å². The highest BCUT2D eigenvalue weighted by molar-refractivity contribution is 14.1. The summed E-state index contributed by atoms with van der Waals surface area (Å²) in [6, 6.07) is 7.62. The van der Waals surface area contributed by atoms with Crippen molar-refractivity contribution in [2.75, 3.05) is 5.32 Å². The Morgan fingerprint density at radius 2 is 2.15 bits per heavy atom. The maximum atomic E-state index is 12.2. The molecule has 0 atom stereocenters. The Balaban J connectivity index is 2.32. The van der Waals surface area contributed by atoms with Crippen molar-refractivity contribution < 1.29 is 9.72 Å². The van der Waals surface area contributed by atoms with Crippen molar-refractivity contribution in [1.29, 1.82) is 0 Å². The van der Waals surface area contributed by atoms with Gasteiger partial charge >= 0.3 is 0 Å². The van der Waals surface area contributed by atoms with Crippen LogP contribution in [0.1, 0.15) is 16.1 Å². The average molecular weight is 383 g/mol. The minimum absolute atomic E-state index is 0.113. The summed E-state index contributed by atoms with van der Waals surface area (Å²) < 4.78 is 0.646. The number of aromatic nitrogens is 1. The van der Waals surface area contributed by atoms with E-state index in [0.29, 0.717) is 15.0 Å². The van der Waals surface area contributed by atoms with E-state index in [4.69, 9.17) is 0 Å². The number of aryl methyl sites for hydroxylation is 1. The molecule has 0 aliphatic rings. The molecule has 0 saturated heterocycles. The molecule has 2 rings (SSSR count).